The number of rotatable bonds is 3. The van der Waals surface area contributed by atoms with Crippen LogP contribution in [0.4, 0.5) is 5.00 Å². The van der Waals surface area contributed by atoms with Crippen molar-refractivity contribution in [3.63, 3.8) is 0 Å². The molecule has 0 saturated carbocycles. The maximum absolute atomic E-state index is 10.7. The second kappa shape index (κ2) is 3.71. The fourth-order valence-electron chi connectivity index (χ4n) is 0.732. The molecule has 1 heterocycles. The average molecular weight is 221 g/mol. The van der Waals surface area contributed by atoms with Gasteiger partial charge in [-0.15, -0.1) is 0 Å². The summed E-state index contributed by atoms with van der Waals surface area (Å²) in [7, 11) is -2.55. The Labute approximate surface area is 79.5 Å². The Morgan fingerprint density at radius 1 is 1.54 bits per heavy atom. The first-order valence-corrected chi connectivity index (χ1v) is 5.35. The Kier molecular flexibility index (Phi) is 2.83. The molecule has 1 aromatic rings. The van der Waals surface area contributed by atoms with Crippen LogP contribution in [0.3, 0.4) is 0 Å². The Balaban J connectivity index is 3.01. The Morgan fingerprint density at radius 3 is 2.54 bits per heavy atom. The molecule has 0 aromatic carbocycles. The number of thiazole rings is 1. The molecule has 0 aliphatic heterocycles. The molecule has 8 heteroatoms. The van der Waals surface area contributed by atoms with Gasteiger partial charge in [-0.1, -0.05) is 11.3 Å². The molecular formula is C5H7N3O3S2. The second-order valence-electron chi connectivity index (χ2n) is 2.18. The lowest BCUT2D eigenvalue weighted by atomic mass is 10.4. The maximum atomic E-state index is 10.7. The van der Waals surface area contributed by atoms with Crippen LogP contribution >= 0.6 is 11.3 Å². The van der Waals surface area contributed by atoms with Gasteiger partial charge in [-0.2, -0.15) is 0 Å². The highest BCUT2D eigenvalue weighted by molar-refractivity contribution is 7.71. The predicted octanol–water partition coefficient (Wildman–Crippen LogP) is -1.06. The van der Waals surface area contributed by atoms with E-state index >= 15 is 0 Å². The van der Waals surface area contributed by atoms with E-state index in [0.717, 1.165) is 11.3 Å². The van der Waals surface area contributed by atoms with Crippen molar-refractivity contribution in [1.29, 1.82) is 0 Å². The van der Waals surface area contributed by atoms with Crippen molar-refractivity contribution in [2.75, 3.05) is 5.73 Å². The van der Waals surface area contributed by atoms with Gasteiger partial charge in [0.15, 0.2) is 5.69 Å². The molecule has 0 radical (unpaired) electrons. The highest BCUT2D eigenvalue weighted by atomic mass is 32.2. The number of carbonyl (C=O) groups excluding carboxylic acids is 1. The number of primary amides is 1. The van der Waals surface area contributed by atoms with Crippen LogP contribution in [0.5, 0.6) is 0 Å². The van der Waals surface area contributed by atoms with Crippen LogP contribution in [0, 0.1) is 0 Å². The minimum Gasteiger partial charge on any atom is -0.389 e. The number of amides is 1. The first-order valence-electron chi connectivity index (χ1n) is 3.17. The van der Waals surface area contributed by atoms with Crippen molar-refractivity contribution in [1.82, 2.24) is 4.98 Å². The predicted molar refractivity (Wildman–Crippen MR) is 49.1 cm³/mol. The zero-order valence-electron chi connectivity index (χ0n) is 6.39. The minimum absolute atomic E-state index is 0.0585. The maximum Gasteiger partial charge on any atom is 0.270 e. The van der Waals surface area contributed by atoms with E-state index < -0.39 is 16.6 Å². The molecule has 0 unspecified atom stereocenters. The molecule has 0 spiro atoms. The van der Waals surface area contributed by atoms with Gasteiger partial charge in [0.25, 0.3) is 5.91 Å². The van der Waals surface area contributed by atoms with Crippen molar-refractivity contribution in [2.24, 2.45) is 5.73 Å². The molecule has 0 atom stereocenters. The number of nitrogens with two attached hydrogens (primary N) is 2. The van der Waals surface area contributed by atoms with E-state index in [9.17, 15) is 13.2 Å². The molecule has 72 valence electrons. The van der Waals surface area contributed by atoms with E-state index in [1.807, 2.05) is 0 Å². The Hall–Kier alpha value is -1.15. The molecular weight excluding hydrogens is 214 g/mol. The van der Waals surface area contributed by atoms with Crippen molar-refractivity contribution in [3.05, 3.63) is 10.7 Å². The van der Waals surface area contributed by atoms with E-state index in [2.05, 4.69) is 4.98 Å². The van der Waals surface area contributed by atoms with Crippen LogP contribution in [-0.4, -0.2) is 19.3 Å². The van der Waals surface area contributed by atoms with E-state index in [1.165, 1.54) is 0 Å². The van der Waals surface area contributed by atoms with Crippen LogP contribution in [0.2, 0.25) is 0 Å². The van der Waals surface area contributed by atoms with Crippen LogP contribution in [0.1, 0.15) is 15.5 Å². The number of aromatic nitrogens is 1. The number of carbonyl (C=O) groups is 1. The third-order valence-corrected chi connectivity index (χ3v) is 2.85. The lowest BCUT2D eigenvalue weighted by Crippen LogP contribution is -2.13. The molecule has 1 aromatic heterocycles. The topological polar surface area (TPSA) is 116 Å². The van der Waals surface area contributed by atoms with Gasteiger partial charge in [0.1, 0.15) is 20.7 Å². The molecule has 0 fully saturated rings. The Morgan fingerprint density at radius 2 is 2.15 bits per heavy atom. The standard InChI is InChI=1S/C5H7N3O3S2/c6-4(9)3-5(7)12-2(8-3)1-13(10)11/h13H,1,7H2,(H2,6,9). The molecule has 4 N–H and O–H groups in total. The number of thiol groups is 1. The molecule has 6 nitrogen and oxygen atoms in total. The van der Waals surface area contributed by atoms with Gasteiger partial charge in [0.2, 0.25) is 0 Å². The lowest BCUT2D eigenvalue weighted by molar-refractivity contribution is 0.0997. The summed E-state index contributed by atoms with van der Waals surface area (Å²) in [6.45, 7) is 0. The number of nitrogens with zero attached hydrogens (tertiary/aromatic N) is 1. The summed E-state index contributed by atoms with van der Waals surface area (Å²) >= 11 is 0.953. The minimum atomic E-state index is -2.55. The average Bonchev–Trinajstić information content (AvgIpc) is 2.29. The Bertz CT molecular complexity index is 401. The summed E-state index contributed by atoms with van der Waals surface area (Å²) in [5.74, 6) is -0.960. The molecule has 13 heavy (non-hydrogen) atoms. The van der Waals surface area contributed by atoms with E-state index in [4.69, 9.17) is 11.5 Å². The second-order valence-corrected chi connectivity index (χ2v) is 4.27. The van der Waals surface area contributed by atoms with Gasteiger partial charge in [0.05, 0.1) is 5.75 Å². The smallest absolute Gasteiger partial charge is 0.270 e. The summed E-state index contributed by atoms with van der Waals surface area (Å²) in [6.07, 6.45) is 0. The monoisotopic (exact) mass is 221 g/mol. The summed E-state index contributed by atoms with van der Waals surface area (Å²) in [5, 5.41) is 0.432. The van der Waals surface area contributed by atoms with Crippen molar-refractivity contribution >= 4 is 32.9 Å². The lowest BCUT2D eigenvalue weighted by Gasteiger charge is -1.86. The number of nitrogen functional groups attached to an aromatic ring is 1. The quantitative estimate of drug-likeness (QED) is 0.562. The molecule has 0 saturated heterocycles. The third kappa shape index (κ3) is 2.39. The van der Waals surface area contributed by atoms with Crippen LogP contribution in [0.15, 0.2) is 0 Å². The molecule has 0 bridgehead atoms. The third-order valence-electron chi connectivity index (χ3n) is 1.20. The number of hydrogen-bond acceptors (Lipinski definition) is 6. The van der Waals surface area contributed by atoms with Gasteiger partial charge >= 0.3 is 0 Å². The molecule has 0 aliphatic carbocycles. The van der Waals surface area contributed by atoms with Gasteiger partial charge in [0, 0.05) is 0 Å². The summed E-state index contributed by atoms with van der Waals surface area (Å²) < 4.78 is 20.6. The molecule has 1 amide bonds. The van der Waals surface area contributed by atoms with Crippen LogP contribution in [-0.2, 0) is 16.5 Å². The zero-order chi connectivity index (χ0) is 10.0. The first-order chi connectivity index (χ1) is 6.00. The summed E-state index contributed by atoms with van der Waals surface area (Å²) in [6, 6.07) is 0. The SMILES string of the molecule is NC(=O)c1nc(C[SH](=O)=O)sc1N. The van der Waals surface area contributed by atoms with Gasteiger partial charge in [-0.25, -0.2) is 13.4 Å². The van der Waals surface area contributed by atoms with E-state index in [0.29, 0.717) is 0 Å². The highest BCUT2D eigenvalue weighted by Gasteiger charge is 2.13. The molecule has 0 aliphatic rings. The van der Waals surface area contributed by atoms with E-state index in [1.54, 1.807) is 0 Å². The highest BCUT2D eigenvalue weighted by Crippen LogP contribution is 2.20. The fraction of sp³-hybridized carbons (Fsp3) is 0.200. The molecule has 1 rings (SSSR count). The summed E-state index contributed by atoms with van der Waals surface area (Å²) in [4.78, 5) is 14.3. The number of anilines is 1. The van der Waals surface area contributed by atoms with Crippen LogP contribution < -0.4 is 11.5 Å². The largest absolute Gasteiger partial charge is 0.389 e. The van der Waals surface area contributed by atoms with E-state index in [-0.39, 0.29) is 21.5 Å². The summed E-state index contributed by atoms with van der Waals surface area (Å²) in [5.41, 5.74) is 10.3. The van der Waals surface area contributed by atoms with Gasteiger partial charge in [-0.05, 0) is 0 Å². The van der Waals surface area contributed by atoms with Gasteiger partial charge in [-0.3, -0.25) is 4.79 Å². The fourth-order valence-corrected chi connectivity index (χ4v) is 2.23. The normalized spacial score (nSPS) is 10.5. The van der Waals surface area contributed by atoms with Crippen molar-refractivity contribution in [2.45, 2.75) is 5.75 Å². The first kappa shape index (κ1) is 9.93. The zero-order valence-corrected chi connectivity index (χ0v) is 8.10. The van der Waals surface area contributed by atoms with Crippen molar-refractivity contribution in [3.8, 4) is 0 Å². The number of hydrogen-bond donors (Lipinski definition) is 3. The van der Waals surface area contributed by atoms with Crippen LogP contribution in [0.25, 0.3) is 0 Å². The van der Waals surface area contributed by atoms with Crippen molar-refractivity contribution < 1.29 is 13.2 Å². The van der Waals surface area contributed by atoms with Gasteiger partial charge < -0.3 is 11.5 Å².